The molecule has 0 amide bonds. The molecule has 2 fully saturated rings. The Morgan fingerprint density at radius 3 is 2.65 bits per heavy atom. The summed E-state index contributed by atoms with van der Waals surface area (Å²) in [5.41, 5.74) is 0. The quantitative estimate of drug-likeness (QED) is 0.800. The van der Waals surface area contributed by atoms with Crippen LogP contribution in [0.15, 0.2) is 0 Å². The van der Waals surface area contributed by atoms with Crippen LogP contribution < -0.4 is 5.32 Å². The summed E-state index contributed by atoms with van der Waals surface area (Å²) in [5, 5.41) is 3.52. The van der Waals surface area contributed by atoms with Crippen LogP contribution in [0.5, 0.6) is 0 Å². The average molecular weight is 239 g/mol. The minimum absolute atomic E-state index is 0.836. The molecule has 2 rings (SSSR count). The van der Waals surface area contributed by atoms with Gasteiger partial charge in [-0.15, -0.1) is 0 Å². The van der Waals surface area contributed by atoms with Crippen LogP contribution >= 0.6 is 0 Å². The first-order chi connectivity index (χ1) is 8.25. The third kappa shape index (κ3) is 4.23. The highest BCUT2D eigenvalue weighted by atomic mass is 15.2. The van der Waals surface area contributed by atoms with E-state index in [9.17, 15) is 0 Å². The minimum Gasteiger partial charge on any atom is -0.316 e. The third-order valence-corrected chi connectivity index (χ3v) is 4.60. The Labute approximate surface area is 107 Å². The van der Waals surface area contributed by atoms with Crippen molar-refractivity contribution in [3.63, 3.8) is 0 Å². The van der Waals surface area contributed by atoms with Gasteiger partial charge in [0.1, 0.15) is 0 Å². The maximum Gasteiger partial charge on any atom is 0.0117 e. The number of hydrogen-bond donors (Lipinski definition) is 1. The van der Waals surface area contributed by atoms with Gasteiger partial charge in [-0.2, -0.15) is 0 Å². The van der Waals surface area contributed by atoms with Crippen molar-refractivity contribution in [2.45, 2.75) is 38.1 Å². The zero-order valence-corrected chi connectivity index (χ0v) is 11.6. The third-order valence-electron chi connectivity index (χ3n) is 4.60. The number of rotatable bonds is 4. The Morgan fingerprint density at radius 1 is 1.24 bits per heavy atom. The summed E-state index contributed by atoms with van der Waals surface area (Å²) in [7, 11) is 4.57. The average Bonchev–Trinajstić information content (AvgIpc) is 2.38. The SMILES string of the molecule is CN1CCC(N(C)CC[C@H]2CCCNC2)CC1. The van der Waals surface area contributed by atoms with E-state index in [-0.39, 0.29) is 0 Å². The molecule has 0 spiro atoms. The number of nitrogens with one attached hydrogen (secondary N) is 1. The van der Waals surface area contributed by atoms with Gasteiger partial charge < -0.3 is 15.1 Å². The predicted octanol–water partition coefficient (Wildman–Crippen LogP) is 1.40. The maximum atomic E-state index is 3.52. The van der Waals surface area contributed by atoms with E-state index >= 15 is 0 Å². The highest BCUT2D eigenvalue weighted by Gasteiger charge is 2.21. The largest absolute Gasteiger partial charge is 0.316 e. The van der Waals surface area contributed by atoms with E-state index in [1.54, 1.807) is 0 Å². The van der Waals surface area contributed by atoms with Gasteiger partial charge in [0.2, 0.25) is 0 Å². The summed E-state index contributed by atoms with van der Waals surface area (Å²) in [6.07, 6.45) is 6.92. The predicted molar refractivity (Wildman–Crippen MR) is 73.4 cm³/mol. The van der Waals surface area contributed by atoms with E-state index in [0.29, 0.717) is 0 Å². The van der Waals surface area contributed by atoms with E-state index in [4.69, 9.17) is 0 Å². The first-order valence-corrected chi connectivity index (χ1v) is 7.35. The number of piperidine rings is 2. The molecule has 2 aliphatic rings. The van der Waals surface area contributed by atoms with E-state index in [1.807, 2.05) is 0 Å². The molecule has 0 unspecified atom stereocenters. The normalized spacial score (nSPS) is 28.8. The Kier molecular flexibility index (Phi) is 5.26. The van der Waals surface area contributed by atoms with Gasteiger partial charge in [0.05, 0.1) is 0 Å². The molecule has 2 aliphatic heterocycles. The Balaban J connectivity index is 1.64. The first kappa shape index (κ1) is 13.3. The first-order valence-electron chi connectivity index (χ1n) is 7.35. The zero-order valence-electron chi connectivity index (χ0n) is 11.6. The van der Waals surface area contributed by atoms with Crippen LogP contribution in [-0.4, -0.2) is 62.7 Å². The summed E-state index contributed by atoms with van der Waals surface area (Å²) in [4.78, 5) is 5.07. The van der Waals surface area contributed by atoms with Crippen LogP contribution in [0.2, 0.25) is 0 Å². The lowest BCUT2D eigenvalue weighted by atomic mass is 9.95. The van der Waals surface area contributed by atoms with E-state index < -0.39 is 0 Å². The van der Waals surface area contributed by atoms with Gasteiger partial charge in [0.25, 0.3) is 0 Å². The molecule has 0 aliphatic carbocycles. The second-order valence-electron chi connectivity index (χ2n) is 6.02. The summed E-state index contributed by atoms with van der Waals surface area (Å²) >= 11 is 0. The van der Waals surface area contributed by atoms with Crippen molar-refractivity contribution < 1.29 is 0 Å². The highest BCUT2D eigenvalue weighted by molar-refractivity contribution is 4.78. The Bertz CT molecular complexity index is 206. The molecule has 0 aromatic rings. The van der Waals surface area contributed by atoms with E-state index in [2.05, 4.69) is 29.2 Å². The van der Waals surface area contributed by atoms with Crippen LogP contribution in [-0.2, 0) is 0 Å². The lowest BCUT2D eigenvalue weighted by molar-refractivity contribution is 0.136. The molecule has 3 nitrogen and oxygen atoms in total. The molecule has 17 heavy (non-hydrogen) atoms. The van der Waals surface area contributed by atoms with Crippen LogP contribution in [0.1, 0.15) is 32.1 Å². The van der Waals surface area contributed by atoms with Gasteiger partial charge >= 0.3 is 0 Å². The standard InChI is InChI=1S/C14H29N3/c1-16-9-6-14(7-10-16)17(2)11-5-13-4-3-8-15-12-13/h13-15H,3-12H2,1-2H3/t13-/m1/s1. The molecule has 2 saturated heterocycles. The summed E-state index contributed by atoms with van der Waals surface area (Å²) in [5.74, 6) is 0.928. The van der Waals surface area contributed by atoms with Crippen molar-refractivity contribution in [1.82, 2.24) is 15.1 Å². The second kappa shape index (κ2) is 6.72. The van der Waals surface area contributed by atoms with Gasteiger partial charge in [-0.3, -0.25) is 0 Å². The highest BCUT2D eigenvalue weighted by Crippen LogP contribution is 2.18. The molecule has 0 bridgehead atoms. The minimum atomic E-state index is 0.836. The van der Waals surface area contributed by atoms with Crippen molar-refractivity contribution >= 4 is 0 Å². The molecule has 2 heterocycles. The molecular weight excluding hydrogens is 210 g/mol. The van der Waals surface area contributed by atoms with Crippen molar-refractivity contribution in [2.75, 3.05) is 46.8 Å². The van der Waals surface area contributed by atoms with Crippen molar-refractivity contribution in [1.29, 1.82) is 0 Å². The number of likely N-dealkylation sites (tertiary alicyclic amines) is 1. The molecule has 0 radical (unpaired) electrons. The van der Waals surface area contributed by atoms with Gasteiger partial charge in [0, 0.05) is 6.04 Å². The maximum absolute atomic E-state index is 3.52. The van der Waals surface area contributed by atoms with Crippen molar-refractivity contribution in [3.8, 4) is 0 Å². The second-order valence-corrected chi connectivity index (χ2v) is 6.02. The Morgan fingerprint density at radius 2 is 2.00 bits per heavy atom. The van der Waals surface area contributed by atoms with Crippen LogP contribution in [0.4, 0.5) is 0 Å². The van der Waals surface area contributed by atoms with Gasteiger partial charge in [0.15, 0.2) is 0 Å². The molecule has 0 saturated carbocycles. The topological polar surface area (TPSA) is 18.5 Å². The molecule has 1 atom stereocenters. The van der Waals surface area contributed by atoms with Gasteiger partial charge in [-0.25, -0.2) is 0 Å². The molecule has 0 aromatic carbocycles. The van der Waals surface area contributed by atoms with Crippen LogP contribution in [0, 0.1) is 5.92 Å². The zero-order chi connectivity index (χ0) is 12.1. The molecule has 100 valence electrons. The Hall–Kier alpha value is -0.120. The molecule has 0 aromatic heterocycles. The van der Waals surface area contributed by atoms with Crippen molar-refractivity contribution in [3.05, 3.63) is 0 Å². The fraction of sp³-hybridized carbons (Fsp3) is 1.00. The fourth-order valence-corrected chi connectivity index (χ4v) is 3.17. The van der Waals surface area contributed by atoms with Crippen LogP contribution in [0.3, 0.4) is 0 Å². The smallest absolute Gasteiger partial charge is 0.0117 e. The fourth-order valence-electron chi connectivity index (χ4n) is 3.17. The molecular formula is C14H29N3. The van der Waals surface area contributed by atoms with E-state index in [0.717, 1.165) is 12.0 Å². The summed E-state index contributed by atoms with van der Waals surface area (Å²) < 4.78 is 0. The van der Waals surface area contributed by atoms with Gasteiger partial charge in [-0.1, -0.05) is 0 Å². The molecule has 3 heteroatoms. The number of nitrogens with zero attached hydrogens (tertiary/aromatic N) is 2. The van der Waals surface area contributed by atoms with E-state index in [1.165, 1.54) is 64.8 Å². The van der Waals surface area contributed by atoms with Crippen LogP contribution in [0.25, 0.3) is 0 Å². The van der Waals surface area contributed by atoms with Gasteiger partial charge in [-0.05, 0) is 84.8 Å². The number of hydrogen-bond acceptors (Lipinski definition) is 3. The summed E-state index contributed by atoms with van der Waals surface area (Å²) in [6, 6.07) is 0.836. The lowest BCUT2D eigenvalue weighted by Crippen LogP contribution is -2.43. The van der Waals surface area contributed by atoms with Crippen molar-refractivity contribution in [2.24, 2.45) is 5.92 Å². The lowest BCUT2D eigenvalue weighted by Gasteiger charge is -2.36. The molecule has 1 N–H and O–H groups in total. The summed E-state index contributed by atoms with van der Waals surface area (Å²) in [6.45, 7) is 6.34. The monoisotopic (exact) mass is 239 g/mol.